The van der Waals surface area contributed by atoms with Gasteiger partial charge in [0, 0.05) is 42.1 Å². The van der Waals surface area contributed by atoms with Crippen molar-refractivity contribution in [2.75, 3.05) is 0 Å². The van der Waals surface area contributed by atoms with Gasteiger partial charge in [0.1, 0.15) is 5.78 Å². The number of nitrogens with zero attached hydrogens (tertiary/aromatic N) is 2. The fraction of sp³-hybridized carbons (Fsp3) is 0.435. The summed E-state index contributed by atoms with van der Waals surface area (Å²) in [6.07, 6.45) is 9.75. The van der Waals surface area contributed by atoms with Crippen LogP contribution in [0.2, 0.25) is 0 Å². The molecule has 0 N–H and O–H groups in total. The number of hydrogen-bond donors (Lipinski definition) is 0. The van der Waals surface area contributed by atoms with Crippen LogP contribution in [0, 0.1) is 18.8 Å². The maximum Gasteiger partial charge on any atom is 0.191 e. The molecule has 1 aliphatic carbocycles. The molecule has 1 aliphatic rings. The molecule has 0 bridgehead atoms. The molecule has 0 aliphatic heterocycles. The number of Topliss-reactive ketones (excluding diaryl/α,β-unsaturated/α-hetero) is 1. The van der Waals surface area contributed by atoms with Crippen LogP contribution in [0.5, 0.6) is 0 Å². The second kappa shape index (κ2) is 7.63. The predicted octanol–water partition coefficient (Wildman–Crippen LogP) is 5.53. The smallest absolute Gasteiger partial charge is 0.191 e. The normalized spacial score (nSPS) is 20.1. The van der Waals surface area contributed by atoms with Gasteiger partial charge >= 0.3 is 0 Å². The minimum Gasteiger partial charge on any atom is -0.441 e. The first kappa shape index (κ1) is 17.9. The van der Waals surface area contributed by atoms with Crippen molar-refractivity contribution in [1.29, 1.82) is 0 Å². The molecule has 1 fully saturated rings. The lowest BCUT2D eigenvalue weighted by atomic mass is 9.78. The molecule has 0 saturated heterocycles. The Labute approximate surface area is 160 Å². The van der Waals surface area contributed by atoms with Crippen LogP contribution in [0.4, 0.5) is 0 Å². The van der Waals surface area contributed by atoms with Crippen molar-refractivity contribution in [2.45, 2.75) is 52.4 Å². The van der Waals surface area contributed by atoms with E-state index in [2.05, 4.69) is 23.0 Å². The van der Waals surface area contributed by atoms with Gasteiger partial charge < -0.3 is 4.42 Å². The van der Waals surface area contributed by atoms with E-state index in [9.17, 15) is 4.79 Å². The molecule has 4 rings (SSSR count). The number of ketones is 1. The lowest BCUT2D eigenvalue weighted by molar-refractivity contribution is -0.123. The van der Waals surface area contributed by atoms with Gasteiger partial charge in [-0.15, -0.1) is 0 Å². The average molecular weight is 362 g/mol. The Kier molecular flexibility index (Phi) is 5.06. The lowest BCUT2D eigenvalue weighted by Gasteiger charge is -2.26. The van der Waals surface area contributed by atoms with Gasteiger partial charge in [0.2, 0.25) is 0 Å². The third-order valence-electron chi connectivity index (χ3n) is 5.92. The maximum atomic E-state index is 12.7. The van der Waals surface area contributed by atoms with E-state index in [1.54, 1.807) is 6.20 Å². The molecular weight excluding hydrogens is 336 g/mol. The van der Waals surface area contributed by atoms with Crippen LogP contribution in [0.1, 0.15) is 50.6 Å². The van der Waals surface area contributed by atoms with Crippen molar-refractivity contribution in [3.8, 4) is 11.3 Å². The second-order valence-corrected chi connectivity index (χ2v) is 7.75. The highest BCUT2D eigenvalue weighted by Gasteiger charge is 2.25. The molecule has 27 heavy (non-hydrogen) atoms. The minimum absolute atomic E-state index is 0.216. The topological polar surface area (TPSA) is 56.0 Å². The van der Waals surface area contributed by atoms with Crippen molar-refractivity contribution in [3.63, 3.8) is 0 Å². The molecule has 2 heterocycles. The second-order valence-electron chi connectivity index (χ2n) is 7.75. The first-order chi connectivity index (χ1) is 13.1. The molecule has 4 nitrogen and oxygen atoms in total. The van der Waals surface area contributed by atoms with E-state index in [-0.39, 0.29) is 5.92 Å². The molecule has 0 amide bonds. The van der Waals surface area contributed by atoms with Crippen molar-refractivity contribution in [2.24, 2.45) is 11.8 Å². The number of hydrogen-bond acceptors (Lipinski definition) is 4. The molecular formula is C23H26N2O2. The van der Waals surface area contributed by atoms with Gasteiger partial charge in [-0.2, -0.15) is 0 Å². The van der Waals surface area contributed by atoms with Crippen molar-refractivity contribution >= 4 is 16.6 Å². The van der Waals surface area contributed by atoms with Crippen LogP contribution in [0.15, 0.2) is 41.1 Å². The Morgan fingerprint density at radius 1 is 1.07 bits per heavy atom. The number of carbonyl (C=O) groups excluding carboxylic acids is 1. The number of pyridine rings is 1. The predicted molar refractivity (Wildman–Crippen MR) is 106 cm³/mol. The Hall–Kier alpha value is -2.49. The van der Waals surface area contributed by atoms with Gasteiger partial charge in [-0.05, 0) is 49.1 Å². The number of aromatic nitrogens is 2. The molecule has 0 spiro atoms. The molecule has 0 radical (unpaired) electrons. The van der Waals surface area contributed by atoms with E-state index in [0.717, 1.165) is 46.5 Å². The van der Waals surface area contributed by atoms with Crippen LogP contribution in [0.3, 0.4) is 0 Å². The standard InChI is InChI=1S/C23H26N2O2/c1-3-16-4-6-17(7-5-16)22(26)12-21-11-20-10-18(8-9-19(20)13-25-21)23-14-24-15(2)27-23/h8-11,13-14,16-17H,3-7,12H2,1-2H3. The molecule has 1 saturated carbocycles. The zero-order valence-corrected chi connectivity index (χ0v) is 16.1. The Bertz CT molecular complexity index is 952. The Morgan fingerprint density at radius 2 is 1.89 bits per heavy atom. The highest BCUT2D eigenvalue weighted by atomic mass is 16.4. The van der Waals surface area contributed by atoms with Gasteiger partial charge in [-0.25, -0.2) is 4.98 Å². The van der Waals surface area contributed by atoms with Gasteiger partial charge in [-0.1, -0.05) is 25.5 Å². The number of benzene rings is 1. The van der Waals surface area contributed by atoms with Gasteiger partial charge in [0.15, 0.2) is 11.7 Å². The summed E-state index contributed by atoms with van der Waals surface area (Å²) in [6.45, 7) is 4.09. The van der Waals surface area contributed by atoms with E-state index >= 15 is 0 Å². The number of aryl methyl sites for hydroxylation is 1. The molecule has 140 valence electrons. The van der Waals surface area contributed by atoms with E-state index in [1.807, 2.05) is 31.3 Å². The van der Waals surface area contributed by atoms with Crippen LogP contribution in [-0.2, 0) is 11.2 Å². The third kappa shape index (κ3) is 3.95. The fourth-order valence-electron chi connectivity index (χ4n) is 4.15. The summed E-state index contributed by atoms with van der Waals surface area (Å²) < 4.78 is 5.63. The monoisotopic (exact) mass is 362 g/mol. The van der Waals surface area contributed by atoms with E-state index in [4.69, 9.17) is 4.42 Å². The van der Waals surface area contributed by atoms with E-state index < -0.39 is 0 Å². The molecule has 1 aromatic carbocycles. The quantitative estimate of drug-likeness (QED) is 0.599. The summed E-state index contributed by atoms with van der Waals surface area (Å²) >= 11 is 0. The minimum atomic E-state index is 0.216. The summed E-state index contributed by atoms with van der Waals surface area (Å²) in [5.41, 5.74) is 1.85. The molecule has 0 atom stereocenters. The zero-order chi connectivity index (χ0) is 18.8. The first-order valence-corrected chi connectivity index (χ1v) is 9.96. The number of fused-ring (bicyclic) bond motifs is 1. The SMILES string of the molecule is CCC1CCC(C(=O)Cc2cc3cc(-c4cnc(C)o4)ccc3cn2)CC1. The first-order valence-electron chi connectivity index (χ1n) is 9.96. The summed E-state index contributed by atoms with van der Waals surface area (Å²) in [5.74, 6) is 2.79. The summed E-state index contributed by atoms with van der Waals surface area (Å²) in [7, 11) is 0. The summed E-state index contributed by atoms with van der Waals surface area (Å²) in [5, 5.41) is 2.14. The van der Waals surface area contributed by atoms with Crippen molar-refractivity contribution in [3.05, 3.63) is 48.2 Å². The molecule has 0 unspecified atom stereocenters. The van der Waals surface area contributed by atoms with Crippen LogP contribution < -0.4 is 0 Å². The van der Waals surface area contributed by atoms with Crippen LogP contribution >= 0.6 is 0 Å². The van der Waals surface area contributed by atoms with Gasteiger partial charge in [-0.3, -0.25) is 9.78 Å². The van der Waals surface area contributed by atoms with Crippen LogP contribution in [-0.4, -0.2) is 15.8 Å². The van der Waals surface area contributed by atoms with Crippen molar-refractivity contribution in [1.82, 2.24) is 9.97 Å². The average Bonchev–Trinajstić information content (AvgIpc) is 3.14. The molecule has 4 heteroatoms. The Balaban J connectivity index is 1.51. The van der Waals surface area contributed by atoms with Crippen LogP contribution in [0.25, 0.3) is 22.1 Å². The zero-order valence-electron chi connectivity index (χ0n) is 16.1. The number of rotatable bonds is 5. The number of oxazole rings is 1. The summed E-state index contributed by atoms with van der Waals surface area (Å²) in [6, 6.07) is 8.17. The van der Waals surface area contributed by atoms with Gasteiger partial charge in [0.05, 0.1) is 6.20 Å². The van der Waals surface area contributed by atoms with Gasteiger partial charge in [0.25, 0.3) is 0 Å². The molecule has 2 aromatic heterocycles. The van der Waals surface area contributed by atoms with E-state index in [0.29, 0.717) is 18.1 Å². The largest absolute Gasteiger partial charge is 0.441 e. The van der Waals surface area contributed by atoms with E-state index in [1.165, 1.54) is 19.3 Å². The third-order valence-corrected chi connectivity index (χ3v) is 5.92. The Morgan fingerprint density at radius 3 is 2.59 bits per heavy atom. The lowest BCUT2D eigenvalue weighted by Crippen LogP contribution is -2.23. The molecule has 3 aromatic rings. The highest BCUT2D eigenvalue weighted by molar-refractivity contribution is 5.88. The summed E-state index contributed by atoms with van der Waals surface area (Å²) in [4.78, 5) is 21.4. The number of carbonyl (C=O) groups is 1. The maximum absolute atomic E-state index is 12.7. The fourth-order valence-corrected chi connectivity index (χ4v) is 4.15. The highest BCUT2D eigenvalue weighted by Crippen LogP contribution is 2.32. The van der Waals surface area contributed by atoms with Crippen molar-refractivity contribution < 1.29 is 9.21 Å².